The molecule has 13 heteroatoms. The summed E-state index contributed by atoms with van der Waals surface area (Å²) >= 11 is 0. The summed E-state index contributed by atoms with van der Waals surface area (Å²) in [5.74, 6) is -0.266. The van der Waals surface area contributed by atoms with Crippen molar-refractivity contribution >= 4 is 34.5 Å². The van der Waals surface area contributed by atoms with E-state index >= 15 is 0 Å². The number of H-pyrrole nitrogens is 1. The number of amides is 2. The number of imidazole rings is 1. The van der Waals surface area contributed by atoms with Crippen LogP contribution in [-0.2, 0) is 24.3 Å². The van der Waals surface area contributed by atoms with Gasteiger partial charge < -0.3 is 15.2 Å². The minimum Gasteiger partial charge on any atom is -0.336 e. The lowest BCUT2D eigenvalue weighted by Gasteiger charge is -2.17. The molecule has 0 atom stereocenters. The molecule has 1 aliphatic carbocycles. The van der Waals surface area contributed by atoms with E-state index in [0.29, 0.717) is 30.4 Å². The molecule has 0 spiro atoms. The van der Waals surface area contributed by atoms with E-state index in [1.807, 2.05) is 12.1 Å². The predicted octanol–water partition coefficient (Wildman–Crippen LogP) is 3.10. The molecular formula is C31H29FN8O4. The number of rotatable bonds is 9. The second-order valence-corrected chi connectivity index (χ2v) is 10.9. The van der Waals surface area contributed by atoms with Crippen molar-refractivity contribution in [3.63, 3.8) is 0 Å². The predicted molar refractivity (Wildman–Crippen MR) is 161 cm³/mol. The van der Waals surface area contributed by atoms with Crippen molar-refractivity contribution in [2.45, 2.75) is 39.3 Å². The van der Waals surface area contributed by atoms with Crippen LogP contribution in [0, 0.1) is 11.7 Å². The molecule has 44 heavy (non-hydrogen) atoms. The molecule has 2 N–H and O–H groups in total. The number of carbonyl (C=O) groups is 2. The Kier molecular flexibility index (Phi) is 7.60. The number of hydrogen-bond donors (Lipinski definition) is 2. The molecule has 3 heterocycles. The van der Waals surface area contributed by atoms with Gasteiger partial charge in [-0.3, -0.25) is 23.5 Å². The topological polar surface area (TPSA) is 148 Å². The molecule has 3 aromatic heterocycles. The first-order valence-electron chi connectivity index (χ1n) is 14.1. The molecule has 0 bridgehead atoms. The molecule has 6 rings (SSSR count). The molecule has 0 unspecified atom stereocenters. The highest BCUT2D eigenvalue weighted by molar-refractivity contribution is 6.03. The lowest BCUT2D eigenvalue weighted by molar-refractivity contribution is -0.114. The summed E-state index contributed by atoms with van der Waals surface area (Å²) in [6.45, 7) is 1.60. The molecule has 0 saturated heterocycles. The van der Waals surface area contributed by atoms with Crippen molar-refractivity contribution in [2.24, 2.45) is 5.92 Å². The third kappa shape index (κ3) is 5.89. The minimum absolute atomic E-state index is 0.0667. The molecule has 0 aliphatic heterocycles. The van der Waals surface area contributed by atoms with Gasteiger partial charge in [0.05, 0.1) is 6.54 Å². The summed E-state index contributed by atoms with van der Waals surface area (Å²) in [5, 5.41) is 2.53. The second kappa shape index (κ2) is 11.7. The highest BCUT2D eigenvalue weighted by Gasteiger charge is 2.26. The maximum Gasteiger partial charge on any atom is 0.333 e. The smallest absolute Gasteiger partial charge is 0.333 e. The normalized spacial score (nSPS) is 12.8. The fraction of sp³-hybridized carbons (Fsp3) is 0.258. The van der Waals surface area contributed by atoms with Crippen LogP contribution in [0.1, 0.15) is 47.3 Å². The fourth-order valence-electron chi connectivity index (χ4n) is 4.97. The molecule has 1 aliphatic rings. The van der Waals surface area contributed by atoms with Gasteiger partial charge in [0.2, 0.25) is 11.7 Å². The van der Waals surface area contributed by atoms with Gasteiger partial charge in [-0.15, -0.1) is 0 Å². The summed E-state index contributed by atoms with van der Waals surface area (Å²) < 4.78 is 17.0. The fourth-order valence-corrected chi connectivity index (χ4v) is 4.97. The van der Waals surface area contributed by atoms with Gasteiger partial charge in [-0.25, -0.2) is 24.1 Å². The number of carbonyl (C=O) groups excluding carboxylic acids is 2. The van der Waals surface area contributed by atoms with Gasteiger partial charge in [-0.2, -0.15) is 0 Å². The van der Waals surface area contributed by atoms with Crippen LogP contribution in [0.4, 0.5) is 15.9 Å². The van der Waals surface area contributed by atoms with Crippen molar-refractivity contribution < 1.29 is 14.0 Å². The van der Waals surface area contributed by atoms with Gasteiger partial charge >= 0.3 is 5.69 Å². The Bertz CT molecular complexity index is 2010. The molecule has 2 amide bonds. The van der Waals surface area contributed by atoms with Gasteiger partial charge in [-0.1, -0.05) is 30.3 Å². The molecular weight excluding hydrogens is 567 g/mol. The maximum atomic E-state index is 14.4. The van der Waals surface area contributed by atoms with E-state index in [-0.39, 0.29) is 40.8 Å². The number of fused-ring (bicyclic) bond motifs is 1. The lowest BCUT2D eigenvalue weighted by Crippen LogP contribution is -2.40. The van der Waals surface area contributed by atoms with Crippen LogP contribution in [0.3, 0.4) is 0 Å². The first-order valence-corrected chi connectivity index (χ1v) is 14.1. The maximum absolute atomic E-state index is 14.4. The Morgan fingerprint density at radius 1 is 1.05 bits per heavy atom. The number of aromatic nitrogens is 6. The zero-order valence-corrected chi connectivity index (χ0v) is 24.1. The van der Waals surface area contributed by atoms with E-state index in [1.165, 1.54) is 34.7 Å². The standard InChI is InChI=1S/C31H29FN8O4/c1-18(41)34-24-13-14-33-27(36-24)30(43)38(2)22-11-9-19(10-12-22)15-25-35-26-28(37-25)39(16-20-7-8-20)31(44)40(29(26)42)17-21-5-3-4-6-23(21)32/h3-6,9-14,20H,7-8,15-17H2,1-2H3,(H,35,37)(H,33,34,36,41). The largest absolute Gasteiger partial charge is 0.336 e. The number of nitrogens with zero attached hydrogens (tertiary/aromatic N) is 6. The Hall–Kier alpha value is -5.46. The van der Waals surface area contributed by atoms with Crippen LogP contribution in [-0.4, -0.2) is 47.9 Å². The number of anilines is 2. The molecule has 12 nitrogen and oxygen atoms in total. The van der Waals surface area contributed by atoms with Crippen LogP contribution >= 0.6 is 0 Å². The monoisotopic (exact) mass is 596 g/mol. The van der Waals surface area contributed by atoms with E-state index in [0.717, 1.165) is 23.0 Å². The SMILES string of the molecule is CC(=O)Nc1ccnc(C(=O)N(C)c2ccc(Cc3nc4c([nH]3)c(=O)n(Cc3ccccc3F)c(=O)n4CC3CC3)cc2)n1. The summed E-state index contributed by atoms with van der Waals surface area (Å²) in [7, 11) is 1.59. The average Bonchev–Trinajstić information content (AvgIpc) is 3.74. The van der Waals surface area contributed by atoms with Crippen LogP contribution in [0.2, 0.25) is 0 Å². The number of nitrogens with one attached hydrogen (secondary N) is 2. The van der Waals surface area contributed by atoms with Crippen molar-refractivity contribution in [1.82, 2.24) is 29.1 Å². The van der Waals surface area contributed by atoms with Gasteiger partial charge in [0.25, 0.3) is 11.5 Å². The van der Waals surface area contributed by atoms with E-state index < -0.39 is 23.0 Å². The summed E-state index contributed by atoms with van der Waals surface area (Å²) in [6, 6.07) is 14.8. The number of hydrogen-bond acceptors (Lipinski definition) is 7. The lowest BCUT2D eigenvalue weighted by atomic mass is 10.1. The van der Waals surface area contributed by atoms with Crippen molar-refractivity contribution in [3.8, 4) is 0 Å². The third-order valence-electron chi connectivity index (χ3n) is 7.49. The van der Waals surface area contributed by atoms with Gasteiger partial charge in [0, 0.05) is 44.4 Å². The number of halogens is 1. The van der Waals surface area contributed by atoms with Gasteiger partial charge in [0.1, 0.15) is 23.0 Å². The number of aromatic amines is 1. The summed E-state index contributed by atoms with van der Waals surface area (Å²) in [6.07, 6.45) is 3.72. The van der Waals surface area contributed by atoms with Crippen molar-refractivity contribution in [3.05, 3.63) is 110 Å². The number of benzene rings is 2. The molecule has 5 aromatic rings. The second-order valence-electron chi connectivity index (χ2n) is 10.9. The van der Waals surface area contributed by atoms with E-state index in [1.54, 1.807) is 37.4 Å². The zero-order valence-electron chi connectivity index (χ0n) is 24.1. The average molecular weight is 597 g/mol. The van der Waals surface area contributed by atoms with Gasteiger partial charge in [0.15, 0.2) is 5.65 Å². The van der Waals surface area contributed by atoms with Crippen LogP contribution < -0.4 is 21.5 Å². The Balaban J connectivity index is 1.26. The Morgan fingerprint density at radius 3 is 2.50 bits per heavy atom. The quantitative estimate of drug-likeness (QED) is 0.266. The highest BCUT2D eigenvalue weighted by Crippen LogP contribution is 2.30. The van der Waals surface area contributed by atoms with E-state index in [2.05, 4.69) is 25.3 Å². The first kappa shape index (κ1) is 28.6. The first-order chi connectivity index (χ1) is 21.2. The zero-order chi connectivity index (χ0) is 31.0. The molecule has 2 aromatic carbocycles. The highest BCUT2D eigenvalue weighted by atomic mass is 19.1. The Morgan fingerprint density at radius 2 is 1.80 bits per heavy atom. The molecule has 1 fully saturated rings. The van der Waals surface area contributed by atoms with Crippen molar-refractivity contribution in [2.75, 3.05) is 17.3 Å². The third-order valence-corrected chi connectivity index (χ3v) is 7.49. The van der Waals surface area contributed by atoms with Gasteiger partial charge in [-0.05, 0) is 48.6 Å². The van der Waals surface area contributed by atoms with Crippen LogP contribution in [0.5, 0.6) is 0 Å². The van der Waals surface area contributed by atoms with Crippen LogP contribution in [0.25, 0.3) is 11.2 Å². The molecule has 1 saturated carbocycles. The van der Waals surface area contributed by atoms with Crippen LogP contribution in [0.15, 0.2) is 70.4 Å². The van der Waals surface area contributed by atoms with E-state index in [4.69, 9.17) is 0 Å². The molecule has 0 radical (unpaired) electrons. The summed E-state index contributed by atoms with van der Waals surface area (Å²) in [5.41, 5.74) is 1.10. The molecule has 224 valence electrons. The Labute approximate surface area is 250 Å². The summed E-state index contributed by atoms with van der Waals surface area (Å²) in [4.78, 5) is 68.5. The van der Waals surface area contributed by atoms with E-state index in [9.17, 15) is 23.6 Å². The minimum atomic E-state index is -0.556. The van der Waals surface area contributed by atoms with Crippen molar-refractivity contribution in [1.29, 1.82) is 0 Å².